The number of anilines is 1. The van der Waals surface area contributed by atoms with Crippen molar-refractivity contribution in [3.63, 3.8) is 0 Å². The fourth-order valence-corrected chi connectivity index (χ4v) is 4.79. The van der Waals surface area contributed by atoms with Gasteiger partial charge in [0.25, 0.3) is 0 Å². The van der Waals surface area contributed by atoms with Crippen LogP contribution >= 0.6 is 11.8 Å². The van der Waals surface area contributed by atoms with Gasteiger partial charge in [-0.25, -0.2) is 0 Å². The van der Waals surface area contributed by atoms with Crippen LogP contribution in [0.3, 0.4) is 0 Å². The molecular weight excluding hydrogens is 362 g/mol. The zero-order valence-corrected chi connectivity index (χ0v) is 16.8. The molecule has 148 valence electrons. The second-order valence-corrected chi connectivity index (χ2v) is 8.46. The summed E-state index contributed by atoms with van der Waals surface area (Å²) in [6.07, 6.45) is 2.44. The number of benzene rings is 1. The topological polar surface area (TPSA) is 70.7 Å². The number of hydrogen-bond donors (Lipinski definition) is 2. The molecule has 0 spiro atoms. The van der Waals surface area contributed by atoms with E-state index in [1.54, 1.807) is 18.9 Å². The lowest BCUT2D eigenvalue weighted by molar-refractivity contribution is -0.125. The molecule has 0 aliphatic carbocycles. The molecule has 1 aromatic rings. The van der Waals surface area contributed by atoms with Crippen LogP contribution in [0.5, 0.6) is 0 Å². The molecule has 27 heavy (non-hydrogen) atoms. The van der Waals surface area contributed by atoms with Gasteiger partial charge in [0.05, 0.1) is 12.3 Å². The van der Waals surface area contributed by atoms with Gasteiger partial charge in [0.2, 0.25) is 11.8 Å². The Bertz CT molecular complexity index is 656. The lowest BCUT2D eigenvalue weighted by atomic mass is 9.79. The lowest BCUT2D eigenvalue weighted by Crippen LogP contribution is -2.47. The van der Waals surface area contributed by atoms with Crippen molar-refractivity contribution in [3.05, 3.63) is 24.3 Å². The number of rotatable bonds is 7. The highest BCUT2D eigenvalue weighted by Crippen LogP contribution is 2.34. The average Bonchev–Trinajstić information content (AvgIpc) is 2.71. The number of piperidine rings is 1. The van der Waals surface area contributed by atoms with Crippen molar-refractivity contribution in [2.24, 2.45) is 5.41 Å². The zero-order chi connectivity index (χ0) is 19.1. The van der Waals surface area contributed by atoms with E-state index in [1.807, 2.05) is 29.2 Å². The number of fused-ring (bicyclic) bond motifs is 1. The maximum absolute atomic E-state index is 12.6. The number of amides is 2. The van der Waals surface area contributed by atoms with E-state index >= 15 is 0 Å². The molecule has 0 atom stereocenters. The summed E-state index contributed by atoms with van der Waals surface area (Å²) < 4.78 is 5.39. The van der Waals surface area contributed by atoms with Crippen LogP contribution in [0.1, 0.15) is 25.7 Å². The minimum Gasteiger partial charge on any atom is -0.384 e. The first-order chi connectivity index (χ1) is 13.1. The van der Waals surface area contributed by atoms with Crippen LogP contribution in [0, 0.1) is 5.41 Å². The van der Waals surface area contributed by atoms with Crippen LogP contribution in [0.4, 0.5) is 5.69 Å². The molecular formula is C20H29N3O3S. The first-order valence-electron chi connectivity index (χ1n) is 9.62. The van der Waals surface area contributed by atoms with E-state index < -0.39 is 0 Å². The van der Waals surface area contributed by atoms with Gasteiger partial charge in [-0.05, 0) is 38.1 Å². The zero-order valence-electron chi connectivity index (χ0n) is 16.0. The molecule has 2 heterocycles. The normalized spacial score (nSPS) is 18.6. The van der Waals surface area contributed by atoms with Gasteiger partial charge in [-0.3, -0.25) is 9.59 Å². The third-order valence-corrected chi connectivity index (χ3v) is 6.41. The summed E-state index contributed by atoms with van der Waals surface area (Å²) in [4.78, 5) is 27.9. The van der Waals surface area contributed by atoms with Crippen molar-refractivity contribution >= 4 is 29.3 Å². The first kappa shape index (κ1) is 20.2. The fourth-order valence-electron chi connectivity index (χ4n) is 3.79. The van der Waals surface area contributed by atoms with Gasteiger partial charge >= 0.3 is 0 Å². The van der Waals surface area contributed by atoms with Crippen LogP contribution in [0.15, 0.2) is 29.2 Å². The molecule has 6 nitrogen and oxygen atoms in total. The number of carbonyl (C=O) groups is 2. The van der Waals surface area contributed by atoms with Crippen LogP contribution in [-0.2, 0) is 14.3 Å². The number of carbonyl (C=O) groups excluding carboxylic acids is 2. The molecule has 3 rings (SSSR count). The van der Waals surface area contributed by atoms with Crippen molar-refractivity contribution < 1.29 is 14.3 Å². The Kier molecular flexibility index (Phi) is 7.15. The minimum absolute atomic E-state index is 0.00268. The largest absolute Gasteiger partial charge is 0.384 e. The maximum Gasteiger partial charge on any atom is 0.227 e. The van der Waals surface area contributed by atoms with E-state index in [0.29, 0.717) is 19.7 Å². The van der Waals surface area contributed by atoms with E-state index in [2.05, 4.69) is 10.6 Å². The van der Waals surface area contributed by atoms with Crippen LogP contribution in [0.2, 0.25) is 0 Å². The molecule has 2 N–H and O–H groups in total. The van der Waals surface area contributed by atoms with E-state index in [0.717, 1.165) is 42.3 Å². The summed E-state index contributed by atoms with van der Waals surface area (Å²) >= 11 is 1.77. The van der Waals surface area contributed by atoms with Crippen LogP contribution < -0.4 is 15.5 Å². The standard InChI is InChI=1S/C20H29N3O3S/c1-26-15-20(8-10-21-11-9-20)14-22-18(24)6-7-19(25)23-12-13-27-17-5-3-2-4-16(17)23/h2-5,21H,6-15H2,1H3,(H,22,24). The van der Waals surface area contributed by atoms with Crippen molar-refractivity contribution in [1.29, 1.82) is 0 Å². The molecule has 2 aliphatic rings. The number of para-hydroxylation sites is 1. The fraction of sp³-hybridized carbons (Fsp3) is 0.600. The summed E-state index contributed by atoms with van der Waals surface area (Å²) in [5, 5.41) is 6.38. The lowest BCUT2D eigenvalue weighted by Gasteiger charge is -2.37. The summed E-state index contributed by atoms with van der Waals surface area (Å²) in [6, 6.07) is 7.96. The highest BCUT2D eigenvalue weighted by molar-refractivity contribution is 7.99. The third-order valence-electron chi connectivity index (χ3n) is 5.37. The third kappa shape index (κ3) is 5.24. The maximum atomic E-state index is 12.6. The SMILES string of the molecule is COCC1(CNC(=O)CCC(=O)N2CCSc3ccccc32)CCNCC1. The number of nitrogens with one attached hydrogen (secondary N) is 2. The molecule has 1 fully saturated rings. The molecule has 0 bridgehead atoms. The summed E-state index contributed by atoms with van der Waals surface area (Å²) in [5.74, 6) is 0.853. The van der Waals surface area contributed by atoms with Gasteiger partial charge < -0.3 is 20.3 Å². The molecule has 0 unspecified atom stereocenters. The van der Waals surface area contributed by atoms with Gasteiger partial charge in [-0.15, -0.1) is 11.8 Å². The second-order valence-electron chi connectivity index (χ2n) is 7.32. The van der Waals surface area contributed by atoms with E-state index in [9.17, 15) is 9.59 Å². The molecule has 7 heteroatoms. The Morgan fingerprint density at radius 1 is 1.26 bits per heavy atom. The summed E-state index contributed by atoms with van der Waals surface area (Å²) in [5.41, 5.74) is 0.968. The number of thioether (sulfide) groups is 1. The Balaban J connectivity index is 1.48. The molecule has 1 saturated heterocycles. The molecule has 1 aromatic carbocycles. The van der Waals surface area contributed by atoms with E-state index in [1.165, 1.54) is 0 Å². The average molecular weight is 392 g/mol. The smallest absolute Gasteiger partial charge is 0.227 e. The highest BCUT2D eigenvalue weighted by atomic mass is 32.2. The van der Waals surface area contributed by atoms with Crippen LogP contribution in [0.25, 0.3) is 0 Å². The number of nitrogens with zero attached hydrogens (tertiary/aromatic N) is 1. The Morgan fingerprint density at radius 2 is 2.04 bits per heavy atom. The molecule has 2 aliphatic heterocycles. The number of methoxy groups -OCH3 is 1. The van der Waals surface area contributed by atoms with Crippen molar-refractivity contribution in [2.75, 3.05) is 50.5 Å². The first-order valence-corrected chi connectivity index (χ1v) is 10.6. The summed E-state index contributed by atoms with van der Waals surface area (Å²) in [7, 11) is 1.71. The van der Waals surface area contributed by atoms with E-state index in [-0.39, 0.29) is 30.1 Å². The van der Waals surface area contributed by atoms with Gasteiger partial charge in [-0.2, -0.15) is 0 Å². The van der Waals surface area contributed by atoms with Crippen LogP contribution in [-0.4, -0.2) is 57.5 Å². The van der Waals surface area contributed by atoms with Gasteiger partial charge in [-0.1, -0.05) is 12.1 Å². The quantitative estimate of drug-likeness (QED) is 0.744. The van der Waals surface area contributed by atoms with Gasteiger partial charge in [0.15, 0.2) is 0 Å². The Hall–Kier alpha value is -1.57. The second kappa shape index (κ2) is 9.57. The monoisotopic (exact) mass is 391 g/mol. The molecule has 0 saturated carbocycles. The van der Waals surface area contributed by atoms with Gasteiger partial charge in [0.1, 0.15) is 0 Å². The molecule has 2 amide bonds. The number of ether oxygens (including phenoxy) is 1. The summed E-state index contributed by atoms with van der Waals surface area (Å²) in [6.45, 7) is 3.86. The predicted octanol–water partition coefficient (Wildman–Crippen LogP) is 2.04. The van der Waals surface area contributed by atoms with Crippen molar-refractivity contribution in [3.8, 4) is 0 Å². The Morgan fingerprint density at radius 3 is 2.81 bits per heavy atom. The highest BCUT2D eigenvalue weighted by Gasteiger charge is 2.32. The van der Waals surface area contributed by atoms with E-state index in [4.69, 9.17) is 4.74 Å². The van der Waals surface area contributed by atoms with Gasteiger partial charge in [0, 0.05) is 49.1 Å². The minimum atomic E-state index is -0.0583. The molecule has 0 radical (unpaired) electrons. The van der Waals surface area contributed by atoms with Crippen molar-refractivity contribution in [1.82, 2.24) is 10.6 Å². The Labute approximate surface area is 165 Å². The molecule has 0 aromatic heterocycles. The number of hydrogen-bond acceptors (Lipinski definition) is 5. The predicted molar refractivity (Wildman–Crippen MR) is 108 cm³/mol. The van der Waals surface area contributed by atoms with Crippen molar-refractivity contribution in [2.45, 2.75) is 30.6 Å².